The molecular formula is C23H23FN6O. The second-order valence-electron chi connectivity index (χ2n) is 7.52. The van der Waals surface area contributed by atoms with E-state index < -0.39 is 0 Å². The number of hydrogen-bond donors (Lipinski definition) is 1. The third-order valence-electron chi connectivity index (χ3n) is 5.44. The summed E-state index contributed by atoms with van der Waals surface area (Å²) in [5, 5.41) is 8.81. The van der Waals surface area contributed by atoms with Gasteiger partial charge in [0.05, 0.1) is 36.5 Å². The van der Waals surface area contributed by atoms with E-state index in [1.54, 1.807) is 23.0 Å². The summed E-state index contributed by atoms with van der Waals surface area (Å²) in [6.07, 6.45) is 1.77. The number of ether oxygens (including phenoxy) is 1. The zero-order chi connectivity index (χ0) is 21.2. The number of benzene rings is 2. The molecule has 1 aliphatic rings. The van der Waals surface area contributed by atoms with Gasteiger partial charge in [-0.05, 0) is 36.8 Å². The highest BCUT2D eigenvalue weighted by Crippen LogP contribution is 2.29. The summed E-state index contributed by atoms with van der Waals surface area (Å²) in [5.41, 5.74) is 2.56. The molecule has 7 nitrogen and oxygen atoms in total. The molecule has 1 aliphatic heterocycles. The number of nitrogens with one attached hydrogen (secondary N) is 1. The molecule has 0 amide bonds. The first kappa shape index (κ1) is 19.4. The molecule has 0 bridgehead atoms. The lowest BCUT2D eigenvalue weighted by atomic mass is 10.1. The largest absolute Gasteiger partial charge is 0.378 e. The van der Waals surface area contributed by atoms with Crippen molar-refractivity contribution in [3.63, 3.8) is 0 Å². The molecule has 3 heterocycles. The maximum Gasteiger partial charge on any atom is 0.227 e. The average Bonchev–Trinajstić information content (AvgIpc) is 3.24. The number of rotatable bonds is 5. The lowest BCUT2D eigenvalue weighted by Crippen LogP contribution is -2.37. The molecule has 0 radical (unpaired) electrons. The molecule has 1 atom stereocenters. The van der Waals surface area contributed by atoms with Crippen LogP contribution in [0.2, 0.25) is 0 Å². The van der Waals surface area contributed by atoms with E-state index in [0.717, 1.165) is 35.5 Å². The SMILES string of the molecule is C[C@@H](Nc1nc(N2CCOCC2)c2cnn(-c3ccc(F)cc3)c2n1)c1ccccc1. The number of hydrogen-bond acceptors (Lipinski definition) is 6. The van der Waals surface area contributed by atoms with Crippen LogP contribution in [0.25, 0.3) is 16.7 Å². The van der Waals surface area contributed by atoms with Gasteiger partial charge in [-0.15, -0.1) is 0 Å². The van der Waals surface area contributed by atoms with Gasteiger partial charge in [-0.1, -0.05) is 30.3 Å². The van der Waals surface area contributed by atoms with Crippen LogP contribution in [0.4, 0.5) is 16.2 Å². The van der Waals surface area contributed by atoms with E-state index in [0.29, 0.717) is 24.8 Å². The number of fused-ring (bicyclic) bond motifs is 1. The summed E-state index contributed by atoms with van der Waals surface area (Å²) in [6, 6.07) is 16.4. The third kappa shape index (κ3) is 3.94. The minimum absolute atomic E-state index is 0.0263. The maximum atomic E-state index is 13.4. The van der Waals surface area contributed by atoms with Crippen LogP contribution in [0.3, 0.4) is 0 Å². The second-order valence-corrected chi connectivity index (χ2v) is 7.52. The predicted octanol–water partition coefficient (Wildman–Crippen LogP) is 3.96. The quantitative estimate of drug-likeness (QED) is 0.529. The highest BCUT2D eigenvalue weighted by atomic mass is 19.1. The zero-order valence-electron chi connectivity index (χ0n) is 17.2. The van der Waals surface area contributed by atoms with E-state index in [-0.39, 0.29) is 11.9 Å². The normalized spacial score (nSPS) is 15.2. The molecule has 1 saturated heterocycles. The van der Waals surface area contributed by atoms with Crippen LogP contribution in [0.15, 0.2) is 60.8 Å². The van der Waals surface area contributed by atoms with Crippen LogP contribution in [0, 0.1) is 5.82 Å². The fraction of sp³-hybridized carbons (Fsp3) is 0.261. The predicted molar refractivity (Wildman–Crippen MR) is 118 cm³/mol. The van der Waals surface area contributed by atoms with Gasteiger partial charge < -0.3 is 15.0 Å². The standard InChI is InChI=1S/C23H23FN6O/c1-16(17-5-3-2-4-6-17)26-23-27-21(29-11-13-31-14-12-29)20-15-25-30(22(20)28-23)19-9-7-18(24)8-10-19/h2-10,15-16H,11-14H2,1H3,(H,26,27,28)/t16-/m1/s1. The number of morpholine rings is 1. The van der Waals surface area contributed by atoms with Crippen molar-refractivity contribution in [3.05, 3.63) is 72.2 Å². The average molecular weight is 418 g/mol. The van der Waals surface area contributed by atoms with Crippen molar-refractivity contribution < 1.29 is 9.13 Å². The van der Waals surface area contributed by atoms with Crippen molar-refractivity contribution in [3.8, 4) is 5.69 Å². The van der Waals surface area contributed by atoms with Gasteiger partial charge in [0, 0.05) is 13.1 Å². The van der Waals surface area contributed by atoms with Gasteiger partial charge in [0.1, 0.15) is 11.6 Å². The summed E-state index contributed by atoms with van der Waals surface area (Å²) in [5.74, 6) is 1.06. The number of halogens is 1. The Balaban J connectivity index is 1.59. The molecule has 5 rings (SSSR count). The van der Waals surface area contributed by atoms with E-state index in [2.05, 4.69) is 34.4 Å². The molecule has 2 aromatic carbocycles. The second kappa shape index (κ2) is 8.31. The summed E-state index contributed by atoms with van der Waals surface area (Å²) >= 11 is 0. The molecule has 2 aromatic heterocycles. The smallest absolute Gasteiger partial charge is 0.227 e. The lowest BCUT2D eigenvalue weighted by molar-refractivity contribution is 0.122. The Kier molecular flexibility index (Phi) is 5.21. The summed E-state index contributed by atoms with van der Waals surface area (Å²) < 4.78 is 20.7. The first-order valence-electron chi connectivity index (χ1n) is 10.3. The lowest BCUT2D eigenvalue weighted by Gasteiger charge is -2.28. The van der Waals surface area contributed by atoms with Crippen LogP contribution >= 0.6 is 0 Å². The molecule has 158 valence electrons. The van der Waals surface area contributed by atoms with Crippen molar-refractivity contribution in [1.29, 1.82) is 0 Å². The fourth-order valence-corrected chi connectivity index (χ4v) is 3.76. The molecule has 4 aromatic rings. The van der Waals surface area contributed by atoms with Crippen molar-refractivity contribution in [2.45, 2.75) is 13.0 Å². The van der Waals surface area contributed by atoms with Gasteiger partial charge in [0.25, 0.3) is 0 Å². The van der Waals surface area contributed by atoms with E-state index in [1.807, 2.05) is 18.2 Å². The first-order chi connectivity index (χ1) is 15.2. The number of aromatic nitrogens is 4. The topological polar surface area (TPSA) is 68.1 Å². The van der Waals surface area contributed by atoms with E-state index >= 15 is 0 Å². The molecule has 1 N–H and O–H groups in total. The Hall–Kier alpha value is -3.52. The van der Waals surface area contributed by atoms with Gasteiger partial charge in [-0.3, -0.25) is 0 Å². The van der Waals surface area contributed by atoms with E-state index in [9.17, 15) is 4.39 Å². The summed E-state index contributed by atoms with van der Waals surface area (Å²) in [4.78, 5) is 11.8. The Labute approximate surface area is 179 Å². The Morgan fingerprint density at radius 1 is 1.00 bits per heavy atom. The third-order valence-corrected chi connectivity index (χ3v) is 5.44. The van der Waals surface area contributed by atoms with Gasteiger partial charge in [0.15, 0.2) is 5.65 Å². The number of anilines is 2. The van der Waals surface area contributed by atoms with Crippen LogP contribution in [-0.4, -0.2) is 46.1 Å². The molecular weight excluding hydrogens is 395 g/mol. The monoisotopic (exact) mass is 418 g/mol. The highest BCUT2D eigenvalue weighted by Gasteiger charge is 2.21. The first-order valence-corrected chi connectivity index (χ1v) is 10.3. The van der Waals surface area contributed by atoms with Gasteiger partial charge in [-0.25, -0.2) is 9.07 Å². The van der Waals surface area contributed by atoms with Gasteiger partial charge in [-0.2, -0.15) is 15.1 Å². The number of nitrogens with zero attached hydrogens (tertiary/aromatic N) is 5. The Morgan fingerprint density at radius 2 is 1.74 bits per heavy atom. The van der Waals surface area contributed by atoms with Gasteiger partial charge in [0.2, 0.25) is 5.95 Å². The minimum atomic E-state index is -0.289. The maximum absolute atomic E-state index is 13.4. The van der Waals surface area contributed by atoms with Crippen molar-refractivity contribution in [2.24, 2.45) is 0 Å². The van der Waals surface area contributed by atoms with Crippen LogP contribution in [0.1, 0.15) is 18.5 Å². The Morgan fingerprint density at radius 3 is 2.48 bits per heavy atom. The molecule has 0 unspecified atom stereocenters. The van der Waals surface area contributed by atoms with E-state index in [1.165, 1.54) is 12.1 Å². The summed E-state index contributed by atoms with van der Waals surface area (Å²) in [6.45, 7) is 4.89. The van der Waals surface area contributed by atoms with Crippen molar-refractivity contribution >= 4 is 22.8 Å². The molecule has 1 fully saturated rings. The Bertz CT molecular complexity index is 1170. The van der Waals surface area contributed by atoms with Crippen molar-refractivity contribution in [2.75, 3.05) is 36.5 Å². The molecule has 0 saturated carbocycles. The van der Waals surface area contributed by atoms with Crippen LogP contribution < -0.4 is 10.2 Å². The van der Waals surface area contributed by atoms with Gasteiger partial charge >= 0.3 is 0 Å². The minimum Gasteiger partial charge on any atom is -0.378 e. The zero-order valence-corrected chi connectivity index (χ0v) is 17.2. The molecule has 0 aliphatic carbocycles. The van der Waals surface area contributed by atoms with Crippen LogP contribution in [0.5, 0.6) is 0 Å². The van der Waals surface area contributed by atoms with Crippen molar-refractivity contribution in [1.82, 2.24) is 19.7 Å². The summed E-state index contributed by atoms with van der Waals surface area (Å²) in [7, 11) is 0. The molecule has 8 heteroatoms. The van der Waals surface area contributed by atoms with Crippen LogP contribution in [-0.2, 0) is 4.74 Å². The molecule has 0 spiro atoms. The fourth-order valence-electron chi connectivity index (χ4n) is 3.76. The van der Waals surface area contributed by atoms with E-state index in [4.69, 9.17) is 14.7 Å². The molecule has 31 heavy (non-hydrogen) atoms. The highest BCUT2D eigenvalue weighted by molar-refractivity contribution is 5.89.